The lowest BCUT2D eigenvalue weighted by molar-refractivity contribution is 1.16. The summed E-state index contributed by atoms with van der Waals surface area (Å²) in [5.41, 5.74) is 1.32. The lowest BCUT2D eigenvalue weighted by atomic mass is 10.1. The van der Waals surface area contributed by atoms with Gasteiger partial charge in [0.1, 0.15) is 0 Å². The maximum absolute atomic E-state index is 12.5. The van der Waals surface area contributed by atoms with E-state index in [1.165, 1.54) is 0 Å². The molecule has 2 aromatic carbocycles. The average Bonchev–Trinajstić information content (AvgIpc) is 2.38. The molecule has 0 amide bonds. The molecule has 0 radical (unpaired) electrons. The molecule has 1 nitrogen and oxygen atoms in total. The molecule has 0 saturated carbocycles. The molecule has 0 spiro atoms. The number of hydrogen-bond donors (Lipinski definition) is 0. The standard InChI is InChI=1S/C15H12OS/c1-2-10-6-5-9-13-14(10)15(16)11-7-3-4-8-12(11)17-13/h3-9H,2H2,1H3. The fourth-order valence-corrected chi connectivity index (χ4v) is 3.34. The first-order valence-electron chi connectivity index (χ1n) is 5.74. The third kappa shape index (κ3) is 1.56. The molecule has 0 atom stereocenters. The number of rotatable bonds is 1. The fraction of sp³-hybridized carbons (Fsp3) is 0.133. The van der Waals surface area contributed by atoms with E-state index in [1.54, 1.807) is 11.3 Å². The molecule has 0 fully saturated rings. The van der Waals surface area contributed by atoms with Crippen LogP contribution in [0.4, 0.5) is 0 Å². The number of hydrogen-bond acceptors (Lipinski definition) is 2. The topological polar surface area (TPSA) is 17.1 Å². The Labute approximate surface area is 103 Å². The predicted octanol–water partition coefficient (Wildman–Crippen LogP) is 3.98. The highest BCUT2D eigenvalue weighted by atomic mass is 32.1. The molecule has 0 bridgehead atoms. The van der Waals surface area contributed by atoms with Crippen LogP contribution >= 0.6 is 11.3 Å². The summed E-state index contributed by atoms with van der Waals surface area (Å²) in [4.78, 5) is 12.5. The molecule has 2 heteroatoms. The minimum atomic E-state index is 0.173. The monoisotopic (exact) mass is 240 g/mol. The molecule has 0 aliphatic heterocycles. The van der Waals surface area contributed by atoms with E-state index < -0.39 is 0 Å². The highest BCUT2D eigenvalue weighted by molar-refractivity contribution is 7.24. The van der Waals surface area contributed by atoms with Gasteiger partial charge in [0.25, 0.3) is 0 Å². The van der Waals surface area contributed by atoms with Gasteiger partial charge in [0.05, 0.1) is 0 Å². The number of aryl methyl sites for hydroxylation is 1. The summed E-state index contributed by atoms with van der Waals surface area (Å²) < 4.78 is 2.16. The van der Waals surface area contributed by atoms with E-state index in [1.807, 2.05) is 42.5 Å². The van der Waals surface area contributed by atoms with Gasteiger partial charge in [-0.2, -0.15) is 0 Å². The molecule has 1 aromatic heterocycles. The molecule has 3 aromatic rings. The maximum atomic E-state index is 12.5. The van der Waals surface area contributed by atoms with E-state index in [2.05, 4.69) is 6.92 Å². The first kappa shape index (κ1) is 10.5. The summed E-state index contributed by atoms with van der Waals surface area (Å²) in [5, 5.41) is 1.74. The van der Waals surface area contributed by atoms with Crippen LogP contribution in [0.25, 0.3) is 20.2 Å². The second kappa shape index (κ2) is 3.97. The van der Waals surface area contributed by atoms with Crippen molar-refractivity contribution in [1.29, 1.82) is 0 Å². The highest BCUT2D eigenvalue weighted by Gasteiger charge is 2.08. The molecular weight excluding hydrogens is 228 g/mol. The molecule has 1 heterocycles. The van der Waals surface area contributed by atoms with Crippen LogP contribution < -0.4 is 5.43 Å². The quantitative estimate of drug-likeness (QED) is 0.588. The van der Waals surface area contributed by atoms with E-state index in [0.29, 0.717) is 0 Å². The maximum Gasteiger partial charge on any atom is 0.196 e. The molecule has 0 aliphatic rings. The van der Waals surface area contributed by atoms with Gasteiger partial charge in [-0.05, 0) is 30.2 Å². The van der Waals surface area contributed by atoms with E-state index in [-0.39, 0.29) is 5.43 Å². The third-order valence-electron chi connectivity index (χ3n) is 3.07. The molecule has 0 N–H and O–H groups in total. The lowest BCUT2D eigenvalue weighted by Crippen LogP contribution is -2.03. The smallest absolute Gasteiger partial charge is 0.196 e. The van der Waals surface area contributed by atoms with Crippen molar-refractivity contribution in [2.24, 2.45) is 0 Å². The van der Waals surface area contributed by atoms with Gasteiger partial charge in [-0.3, -0.25) is 4.79 Å². The molecule has 0 aliphatic carbocycles. The second-order valence-corrected chi connectivity index (χ2v) is 5.15. The van der Waals surface area contributed by atoms with Crippen LogP contribution in [-0.2, 0) is 6.42 Å². The zero-order valence-corrected chi connectivity index (χ0v) is 10.4. The van der Waals surface area contributed by atoms with Crippen molar-refractivity contribution in [3.05, 3.63) is 58.3 Å². The van der Waals surface area contributed by atoms with Gasteiger partial charge >= 0.3 is 0 Å². The Kier molecular flexibility index (Phi) is 2.45. The summed E-state index contributed by atoms with van der Waals surface area (Å²) in [5.74, 6) is 0. The van der Waals surface area contributed by atoms with Gasteiger partial charge in [-0.1, -0.05) is 31.2 Å². The number of benzene rings is 2. The molecular formula is C15H12OS. The van der Waals surface area contributed by atoms with Gasteiger partial charge in [-0.25, -0.2) is 0 Å². The van der Waals surface area contributed by atoms with E-state index in [9.17, 15) is 4.79 Å². The van der Waals surface area contributed by atoms with E-state index >= 15 is 0 Å². The van der Waals surface area contributed by atoms with Crippen LogP contribution in [0, 0.1) is 0 Å². The molecule has 84 valence electrons. The van der Waals surface area contributed by atoms with Crippen LogP contribution in [0.5, 0.6) is 0 Å². The molecule has 3 rings (SSSR count). The van der Waals surface area contributed by atoms with E-state index in [4.69, 9.17) is 0 Å². The van der Waals surface area contributed by atoms with Gasteiger partial charge < -0.3 is 0 Å². The van der Waals surface area contributed by atoms with Crippen LogP contribution in [0.15, 0.2) is 47.3 Å². The first-order chi connectivity index (χ1) is 8.31. The summed E-state index contributed by atoms with van der Waals surface area (Å²) in [6.45, 7) is 2.09. The van der Waals surface area contributed by atoms with Crippen molar-refractivity contribution in [3.63, 3.8) is 0 Å². The molecule has 0 saturated heterocycles. The van der Waals surface area contributed by atoms with Crippen molar-refractivity contribution in [3.8, 4) is 0 Å². The minimum absolute atomic E-state index is 0.173. The van der Waals surface area contributed by atoms with Crippen LogP contribution in [0.3, 0.4) is 0 Å². The molecule has 0 unspecified atom stereocenters. The van der Waals surface area contributed by atoms with E-state index in [0.717, 1.165) is 32.2 Å². The Morgan fingerprint density at radius 3 is 2.59 bits per heavy atom. The second-order valence-electron chi connectivity index (χ2n) is 4.07. The summed E-state index contributed by atoms with van der Waals surface area (Å²) in [6.07, 6.45) is 0.900. The third-order valence-corrected chi connectivity index (χ3v) is 4.21. The Balaban J connectivity index is 2.60. The van der Waals surface area contributed by atoms with Crippen molar-refractivity contribution in [2.75, 3.05) is 0 Å². The Hall–Kier alpha value is -1.67. The number of fused-ring (bicyclic) bond motifs is 2. The van der Waals surface area contributed by atoms with Crippen molar-refractivity contribution < 1.29 is 0 Å². The first-order valence-corrected chi connectivity index (χ1v) is 6.56. The van der Waals surface area contributed by atoms with Crippen LogP contribution in [0.1, 0.15) is 12.5 Å². The van der Waals surface area contributed by atoms with Gasteiger partial charge in [0.2, 0.25) is 0 Å². The molecule has 17 heavy (non-hydrogen) atoms. The van der Waals surface area contributed by atoms with Crippen molar-refractivity contribution in [1.82, 2.24) is 0 Å². The van der Waals surface area contributed by atoms with Crippen molar-refractivity contribution in [2.45, 2.75) is 13.3 Å². The fourth-order valence-electron chi connectivity index (χ4n) is 2.21. The van der Waals surface area contributed by atoms with Gasteiger partial charge in [-0.15, -0.1) is 11.3 Å². The zero-order chi connectivity index (χ0) is 11.8. The van der Waals surface area contributed by atoms with Gasteiger partial charge in [0.15, 0.2) is 5.43 Å². The summed E-state index contributed by atoms with van der Waals surface area (Å²) in [7, 11) is 0. The SMILES string of the molecule is CCc1cccc2sc3ccccc3c(=O)c12. The minimum Gasteiger partial charge on any atom is -0.288 e. The van der Waals surface area contributed by atoms with Gasteiger partial charge in [0, 0.05) is 20.2 Å². The lowest BCUT2D eigenvalue weighted by Gasteiger charge is -2.04. The van der Waals surface area contributed by atoms with Crippen LogP contribution in [0.2, 0.25) is 0 Å². The largest absolute Gasteiger partial charge is 0.288 e. The Bertz CT molecular complexity index is 756. The van der Waals surface area contributed by atoms with Crippen molar-refractivity contribution >= 4 is 31.5 Å². The zero-order valence-electron chi connectivity index (χ0n) is 9.57. The Morgan fingerprint density at radius 2 is 1.76 bits per heavy atom. The highest BCUT2D eigenvalue weighted by Crippen LogP contribution is 2.26. The summed E-state index contributed by atoms with van der Waals surface area (Å²) >= 11 is 1.69. The average molecular weight is 240 g/mol. The van der Waals surface area contributed by atoms with Crippen LogP contribution in [-0.4, -0.2) is 0 Å². The summed E-state index contributed by atoms with van der Waals surface area (Å²) in [6, 6.07) is 14.0. The normalized spacial score (nSPS) is 11.1. The predicted molar refractivity (Wildman–Crippen MR) is 75.0 cm³/mol. The Morgan fingerprint density at radius 1 is 1.00 bits per heavy atom.